The minimum atomic E-state index is -2.45. The molecular formula is C10H8F2S2. The van der Waals surface area contributed by atoms with E-state index in [9.17, 15) is 8.78 Å². The van der Waals surface area contributed by atoms with Gasteiger partial charge >= 0.3 is 0 Å². The molecule has 2 aromatic rings. The fourth-order valence-corrected chi connectivity index (χ4v) is 3.07. The molecule has 2 rings (SSSR count). The molecule has 74 valence electrons. The van der Waals surface area contributed by atoms with Crippen LogP contribution in [0.3, 0.4) is 0 Å². The second kappa shape index (κ2) is 3.51. The molecule has 1 heterocycles. The molecule has 1 aromatic carbocycles. The van der Waals surface area contributed by atoms with Gasteiger partial charge in [-0.1, -0.05) is 12.1 Å². The second-order valence-corrected chi connectivity index (χ2v) is 4.87. The summed E-state index contributed by atoms with van der Waals surface area (Å²) in [4.78, 5) is 0. The molecule has 4 heteroatoms. The Morgan fingerprint density at radius 2 is 2.07 bits per heavy atom. The number of aryl methyl sites for hydroxylation is 1. The van der Waals surface area contributed by atoms with Gasteiger partial charge in [-0.15, -0.1) is 24.0 Å². The normalized spacial score (nSPS) is 11.5. The highest BCUT2D eigenvalue weighted by atomic mass is 32.2. The molecule has 14 heavy (non-hydrogen) atoms. The van der Waals surface area contributed by atoms with Crippen LogP contribution in [0.5, 0.6) is 0 Å². The van der Waals surface area contributed by atoms with E-state index in [0.717, 1.165) is 10.3 Å². The van der Waals surface area contributed by atoms with Crippen LogP contribution in [0.25, 0.3) is 10.1 Å². The Bertz CT molecular complexity index is 474. The summed E-state index contributed by atoms with van der Waals surface area (Å²) in [5.74, 6) is 0. The van der Waals surface area contributed by atoms with Gasteiger partial charge in [0.1, 0.15) is 0 Å². The number of thiophene rings is 1. The lowest BCUT2D eigenvalue weighted by atomic mass is 10.1. The predicted octanol–water partition coefficient (Wildman–Crippen LogP) is 4.44. The van der Waals surface area contributed by atoms with Crippen molar-refractivity contribution < 1.29 is 8.78 Å². The van der Waals surface area contributed by atoms with Crippen molar-refractivity contribution in [1.29, 1.82) is 0 Å². The zero-order chi connectivity index (χ0) is 10.3. The summed E-state index contributed by atoms with van der Waals surface area (Å²) in [7, 11) is 0. The quantitative estimate of drug-likeness (QED) is 0.688. The molecule has 0 aliphatic heterocycles. The van der Waals surface area contributed by atoms with Crippen LogP contribution in [-0.4, -0.2) is 0 Å². The van der Waals surface area contributed by atoms with Gasteiger partial charge in [-0.3, -0.25) is 0 Å². The third-order valence-electron chi connectivity index (χ3n) is 2.16. The van der Waals surface area contributed by atoms with Gasteiger partial charge in [0.25, 0.3) is 6.43 Å². The lowest BCUT2D eigenvalue weighted by molar-refractivity contribution is 0.151. The van der Waals surface area contributed by atoms with Gasteiger partial charge in [-0.2, -0.15) is 0 Å². The van der Waals surface area contributed by atoms with Crippen LogP contribution in [0.4, 0.5) is 8.78 Å². The predicted molar refractivity (Wildman–Crippen MR) is 58.8 cm³/mol. The van der Waals surface area contributed by atoms with E-state index >= 15 is 0 Å². The third-order valence-corrected chi connectivity index (χ3v) is 3.65. The van der Waals surface area contributed by atoms with Crippen molar-refractivity contribution in [3.05, 3.63) is 29.3 Å². The lowest BCUT2D eigenvalue weighted by Crippen LogP contribution is -1.84. The summed E-state index contributed by atoms with van der Waals surface area (Å²) in [5, 5.41) is 0.664. The molecule has 0 radical (unpaired) electrons. The Kier molecular flexibility index (Phi) is 2.49. The minimum absolute atomic E-state index is 0.0754. The van der Waals surface area contributed by atoms with Gasteiger partial charge in [0, 0.05) is 10.1 Å². The van der Waals surface area contributed by atoms with E-state index in [1.54, 1.807) is 0 Å². The zero-order valence-corrected chi connectivity index (χ0v) is 9.13. The Balaban J connectivity index is 2.86. The summed E-state index contributed by atoms with van der Waals surface area (Å²) in [6.45, 7) is 1.84. The molecule has 0 N–H and O–H groups in total. The van der Waals surface area contributed by atoms with Gasteiger partial charge in [0.05, 0.1) is 9.77 Å². The Morgan fingerprint density at radius 1 is 1.36 bits per heavy atom. The topological polar surface area (TPSA) is 0 Å². The van der Waals surface area contributed by atoms with Crippen LogP contribution in [0.2, 0.25) is 0 Å². The number of thiol groups is 1. The molecule has 0 amide bonds. The molecule has 0 aliphatic rings. The second-order valence-electron chi connectivity index (χ2n) is 3.07. The molecule has 0 nitrogen and oxygen atoms in total. The first-order valence-corrected chi connectivity index (χ1v) is 5.36. The van der Waals surface area contributed by atoms with Crippen molar-refractivity contribution in [2.75, 3.05) is 0 Å². The van der Waals surface area contributed by atoms with Gasteiger partial charge in [-0.05, 0) is 18.6 Å². The highest BCUT2D eigenvalue weighted by Crippen LogP contribution is 2.40. The average Bonchev–Trinajstić information content (AvgIpc) is 2.42. The summed E-state index contributed by atoms with van der Waals surface area (Å²) >= 11 is 5.39. The molecule has 0 spiro atoms. The number of hydrogen-bond acceptors (Lipinski definition) is 2. The number of hydrogen-bond donors (Lipinski definition) is 1. The number of benzene rings is 1. The zero-order valence-electron chi connectivity index (χ0n) is 7.42. The third kappa shape index (κ3) is 1.42. The standard InChI is InChI=1S/C10H8F2S2/c1-5-3-2-4-6-7(5)8(9(11)12)10(13)14-6/h2-4,9,13H,1H3. The van der Waals surface area contributed by atoms with Gasteiger partial charge in [0.15, 0.2) is 0 Å². The monoisotopic (exact) mass is 230 g/mol. The molecule has 0 atom stereocenters. The number of rotatable bonds is 1. The number of fused-ring (bicyclic) bond motifs is 1. The van der Waals surface area contributed by atoms with Gasteiger partial charge < -0.3 is 0 Å². The Hall–Kier alpha value is -0.610. The van der Waals surface area contributed by atoms with E-state index in [1.165, 1.54) is 11.3 Å². The van der Waals surface area contributed by atoms with E-state index in [-0.39, 0.29) is 5.56 Å². The molecule has 0 aliphatic carbocycles. The van der Waals surface area contributed by atoms with Crippen molar-refractivity contribution in [1.82, 2.24) is 0 Å². The van der Waals surface area contributed by atoms with E-state index in [0.29, 0.717) is 9.60 Å². The average molecular weight is 230 g/mol. The van der Waals surface area contributed by atoms with Crippen molar-refractivity contribution in [3.8, 4) is 0 Å². The molecule has 0 saturated carbocycles. The molecule has 0 fully saturated rings. The van der Waals surface area contributed by atoms with Crippen LogP contribution in [0, 0.1) is 6.92 Å². The number of alkyl halides is 2. The van der Waals surface area contributed by atoms with Crippen molar-refractivity contribution >= 4 is 34.1 Å². The van der Waals surface area contributed by atoms with Crippen LogP contribution >= 0.6 is 24.0 Å². The maximum atomic E-state index is 12.7. The summed E-state index contributed by atoms with van der Waals surface area (Å²) in [6, 6.07) is 5.56. The van der Waals surface area contributed by atoms with E-state index < -0.39 is 6.43 Å². The molecule has 0 bridgehead atoms. The first-order valence-electron chi connectivity index (χ1n) is 4.10. The fourth-order valence-electron chi connectivity index (χ4n) is 1.54. The summed E-state index contributed by atoms with van der Waals surface area (Å²) < 4.78 is 26.8. The van der Waals surface area contributed by atoms with E-state index in [2.05, 4.69) is 12.6 Å². The van der Waals surface area contributed by atoms with E-state index in [1.807, 2.05) is 25.1 Å². The molecule has 0 saturated heterocycles. The molecular weight excluding hydrogens is 222 g/mol. The summed E-state index contributed by atoms with van der Waals surface area (Å²) in [5.41, 5.74) is 0.959. The van der Waals surface area contributed by atoms with Crippen molar-refractivity contribution in [3.63, 3.8) is 0 Å². The highest BCUT2D eigenvalue weighted by Gasteiger charge is 2.19. The first-order chi connectivity index (χ1) is 6.61. The maximum absolute atomic E-state index is 12.7. The molecule has 1 aromatic heterocycles. The maximum Gasteiger partial charge on any atom is 0.266 e. The lowest BCUT2D eigenvalue weighted by Gasteiger charge is -2.01. The van der Waals surface area contributed by atoms with Gasteiger partial charge in [0.2, 0.25) is 0 Å². The Morgan fingerprint density at radius 3 is 2.71 bits per heavy atom. The van der Waals surface area contributed by atoms with Crippen LogP contribution < -0.4 is 0 Å². The highest BCUT2D eigenvalue weighted by molar-refractivity contribution is 7.83. The summed E-state index contributed by atoms with van der Waals surface area (Å²) in [6.07, 6.45) is -2.45. The first kappa shape index (κ1) is 9.93. The Labute approximate surface area is 90.0 Å². The van der Waals surface area contributed by atoms with Gasteiger partial charge in [-0.25, -0.2) is 8.78 Å². The smallest absolute Gasteiger partial charge is 0.205 e. The van der Waals surface area contributed by atoms with Crippen LogP contribution in [0.1, 0.15) is 17.6 Å². The van der Waals surface area contributed by atoms with Crippen molar-refractivity contribution in [2.24, 2.45) is 0 Å². The van der Waals surface area contributed by atoms with E-state index in [4.69, 9.17) is 0 Å². The molecule has 0 unspecified atom stereocenters. The van der Waals surface area contributed by atoms with Crippen LogP contribution in [0.15, 0.2) is 22.4 Å². The SMILES string of the molecule is Cc1cccc2sc(S)c(C(F)F)c12. The van der Waals surface area contributed by atoms with Crippen LogP contribution in [-0.2, 0) is 0 Å². The van der Waals surface area contributed by atoms with Crippen molar-refractivity contribution in [2.45, 2.75) is 17.6 Å². The number of halogens is 2. The minimum Gasteiger partial charge on any atom is -0.205 e. The fraction of sp³-hybridized carbons (Fsp3) is 0.200. The largest absolute Gasteiger partial charge is 0.266 e.